The van der Waals surface area contributed by atoms with Crippen LogP contribution in [0.2, 0.25) is 0 Å². The first-order valence-electron chi connectivity index (χ1n) is 5.36. The molecule has 7 heteroatoms. The second kappa shape index (κ2) is 6.58. The Morgan fingerprint density at radius 2 is 2.11 bits per heavy atom. The van der Waals surface area contributed by atoms with Crippen LogP contribution < -0.4 is 15.8 Å². The van der Waals surface area contributed by atoms with E-state index in [1.807, 2.05) is 0 Å². The number of nitrogens with two attached hydrogens (primary N) is 1. The van der Waals surface area contributed by atoms with E-state index in [9.17, 15) is 13.2 Å². The number of ether oxygens (including phenoxy) is 1. The minimum atomic E-state index is -4.71. The lowest BCUT2D eigenvalue weighted by Gasteiger charge is -2.18. The van der Waals surface area contributed by atoms with E-state index in [1.54, 1.807) is 6.07 Å². The van der Waals surface area contributed by atoms with E-state index in [0.717, 1.165) is 0 Å². The Balaban J connectivity index is 2.79. The van der Waals surface area contributed by atoms with E-state index >= 15 is 0 Å². The van der Waals surface area contributed by atoms with E-state index in [4.69, 9.17) is 10.8 Å². The number of hydrogen-bond acceptors (Lipinski definition) is 4. The molecule has 1 unspecified atom stereocenters. The molecular formula is C11H15F3N2O2. The number of aliphatic hydroxyl groups excluding tert-OH is 1. The third-order valence-corrected chi connectivity index (χ3v) is 2.23. The van der Waals surface area contributed by atoms with Gasteiger partial charge in [-0.1, -0.05) is 12.1 Å². The highest BCUT2D eigenvalue weighted by molar-refractivity contribution is 5.31. The summed E-state index contributed by atoms with van der Waals surface area (Å²) in [4.78, 5) is 0. The van der Waals surface area contributed by atoms with Crippen LogP contribution in [0.25, 0.3) is 0 Å². The molecule has 0 aliphatic heterocycles. The fourth-order valence-corrected chi connectivity index (χ4v) is 1.50. The molecule has 0 aromatic heterocycles. The first kappa shape index (κ1) is 14.7. The number of benzene rings is 1. The van der Waals surface area contributed by atoms with Crippen molar-refractivity contribution in [3.05, 3.63) is 29.8 Å². The normalized spacial score (nSPS) is 13.4. The van der Waals surface area contributed by atoms with Gasteiger partial charge in [-0.3, -0.25) is 0 Å². The minimum absolute atomic E-state index is 0.0742. The van der Waals surface area contributed by atoms with Gasteiger partial charge < -0.3 is 20.9 Å². The molecule has 0 saturated carbocycles. The van der Waals surface area contributed by atoms with Gasteiger partial charge in [0.05, 0.1) is 6.61 Å². The number of alkyl halides is 3. The number of rotatable bonds is 6. The summed E-state index contributed by atoms with van der Waals surface area (Å²) in [7, 11) is 0. The fourth-order valence-electron chi connectivity index (χ4n) is 1.50. The first-order valence-corrected chi connectivity index (χ1v) is 5.36. The summed E-state index contributed by atoms with van der Waals surface area (Å²) in [5.41, 5.74) is 6.09. The van der Waals surface area contributed by atoms with Crippen molar-refractivity contribution in [2.45, 2.75) is 12.4 Å². The second-order valence-corrected chi connectivity index (χ2v) is 3.59. The molecule has 0 fully saturated rings. The van der Waals surface area contributed by atoms with Gasteiger partial charge in [-0.05, 0) is 17.7 Å². The van der Waals surface area contributed by atoms with Crippen LogP contribution in [0.4, 0.5) is 13.2 Å². The molecule has 1 rings (SSSR count). The molecule has 4 N–H and O–H groups in total. The van der Waals surface area contributed by atoms with Gasteiger partial charge in [0.1, 0.15) is 5.75 Å². The van der Waals surface area contributed by atoms with Crippen molar-refractivity contribution < 1.29 is 23.0 Å². The quantitative estimate of drug-likeness (QED) is 0.721. The topological polar surface area (TPSA) is 67.5 Å². The predicted molar refractivity (Wildman–Crippen MR) is 60.0 cm³/mol. The zero-order chi connectivity index (χ0) is 13.6. The molecule has 1 aromatic carbocycles. The monoisotopic (exact) mass is 264 g/mol. The molecule has 0 spiro atoms. The summed E-state index contributed by atoms with van der Waals surface area (Å²) in [5, 5.41) is 11.6. The van der Waals surface area contributed by atoms with Gasteiger partial charge in [-0.15, -0.1) is 13.2 Å². The van der Waals surface area contributed by atoms with Crippen molar-refractivity contribution in [2.75, 3.05) is 19.7 Å². The average Bonchev–Trinajstić information content (AvgIpc) is 2.28. The van der Waals surface area contributed by atoms with E-state index in [2.05, 4.69) is 10.1 Å². The Hall–Kier alpha value is -1.31. The van der Waals surface area contributed by atoms with Crippen molar-refractivity contribution in [1.29, 1.82) is 0 Å². The fraction of sp³-hybridized carbons (Fsp3) is 0.455. The van der Waals surface area contributed by atoms with Crippen molar-refractivity contribution in [3.63, 3.8) is 0 Å². The largest absolute Gasteiger partial charge is 0.573 e. The van der Waals surface area contributed by atoms with Crippen LogP contribution in [0.1, 0.15) is 11.6 Å². The number of aliphatic hydroxyl groups is 1. The molecule has 0 aliphatic carbocycles. The smallest absolute Gasteiger partial charge is 0.406 e. The van der Waals surface area contributed by atoms with Gasteiger partial charge >= 0.3 is 6.36 Å². The van der Waals surface area contributed by atoms with E-state index in [-0.39, 0.29) is 24.9 Å². The SMILES string of the molecule is NCC(NCCO)c1cccc(OC(F)(F)F)c1. The lowest BCUT2D eigenvalue weighted by atomic mass is 10.1. The lowest BCUT2D eigenvalue weighted by Crippen LogP contribution is -2.30. The van der Waals surface area contributed by atoms with Crippen LogP contribution in [0.5, 0.6) is 5.75 Å². The molecule has 1 atom stereocenters. The summed E-state index contributed by atoms with van der Waals surface area (Å²) >= 11 is 0. The van der Waals surface area contributed by atoms with E-state index in [1.165, 1.54) is 18.2 Å². The first-order chi connectivity index (χ1) is 8.46. The van der Waals surface area contributed by atoms with Crippen molar-refractivity contribution in [1.82, 2.24) is 5.32 Å². The summed E-state index contributed by atoms with van der Waals surface area (Å²) in [6.45, 7) is 0.441. The van der Waals surface area contributed by atoms with Gasteiger partial charge in [0.15, 0.2) is 0 Å². The number of nitrogens with one attached hydrogen (secondary N) is 1. The lowest BCUT2D eigenvalue weighted by molar-refractivity contribution is -0.274. The van der Waals surface area contributed by atoms with Crippen LogP contribution in [0.3, 0.4) is 0 Å². The van der Waals surface area contributed by atoms with Crippen LogP contribution in [-0.4, -0.2) is 31.2 Å². The Morgan fingerprint density at radius 3 is 2.67 bits per heavy atom. The Morgan fingerprint density at radius 1 is 1.39 bits per heavy atom. The molecular weight excluding hydrogens is 249 g/mol. The molecule has 0 aliphatic rings. The summed E-state index contributed by atoms with van der Waals surface area (Å²) in [6, 6.07) is 5.27. The standard InChI is InChI=1S/C11H15F3N2O2/c12-11(13,14)18-9-3-1-2-8(6-9)10(7-15)16-4-5-17/h1-3,6,10,16-17H,4-5,7,15H2. The molecule has 4 nitrogen and oxygen atoms in total. The van der Waals surface area contributed by atoms with Gasteiger partial charge in [-0.25, -0.2) is 0 Å². The van der Waals surface area contributed by atoms with Crippen LogP contribution >= 0.6 is 0 Å². The second-order valence-electron chi connectivity index (χ2n) is 3.59. The molecule has 0 bridgehead atoms. The maximum absolute atomic E-state index is 12.1. The Bertz CT molecular complexity index is 372. The Kier molecular flexibility index (Phi) is 5.39. The molecule has 0 radical (unpaired) electrons. The van der Waals surface area contributed by atoms with Crippen molar-refractivity contribution in [2.24, 2.45) is 5.73 Å². The van der Waals surface area contributed by atoms with Crippen molar-refractivity contribution >= 4 is 0 Å². The average molecular weight is 264 g/mol. The number of halogens is 3. The molecule has 0 heterocycles. The van der Waals surface area contributed by atoms with Crippen molar-refractivity contribution in [3.8, 4) is 5.75 Å². The predicted octanol–water partition coefficient (Wildman–Crippen LogP) is 1.17. The summed E-state index contributed by atoms with van der Waals surface area (Å²) in [5.74, 6) is -0.288. The van der Waals surface area contributed by atoms with Crippen LogP contribution in [0.15, 0.2) is 24.3 Å². The van der Waals surface area contributed by atoms with Gasteiger partial charge in [0.25, 0.3) is 0 Å². The van der Waals surface area contributed by atoms with Crippen LogP contribution in [-0.2, 0) is 0 Å². The minimum Gasteiger partial charge on any atom is -0.406 e. The maximum atomic E-state index is 12.1. The molecule has 102 valence electrons. The zero-order valence-electron chi connectivity index (χ0n) is 9.57. The maximum Gasteiger partial charge on any atom is 0.573 e. The number of hydrogen-bond donors (Lipinski definition) is 3. The Labute approximate surface area is 103 Å². The van der Waals surface area contributed by atoms with Gasteiger partial charge in [-0.2, -0.15) is 0 Å². The third kappa shape index (κ3) is 4.91. The highest BCUT2D eigenvalue weighted by atomic mass is 19.4. The van der Waals surface area contributed by atoms with Crippen LogP contribution in [0, 0.1) is 0 Å². The molecule has 0 amide bonds. The highest BCUT2D eigenvalue weighted by Gasteiger charge is 2.31. The molecule has 18 heavy (non-hydrogen) atoms. The van der Waals surface area contributed by atoms with Gasteiger partial charge in [0, 0.05) is 19.1 Å². The summed E-state index contributed by atoms with van der Waals surface area (Å²) in [6.07, 6.45) is -4.71. The van der Waals surface area contributed by atoms with E-state index in [0.29, 0.717) is 12.1 Å². The highest BCUT2D eigenvalue weighted by Crippen LogP contribution is 2.25. The van der Waals surface area contributed by atoms with E-state index < -0.39 is 6.36 Å². The van der Waals surface area contributed by atoms with Gasteiger partial charge in [0.2, 0.25) is 0 Å². The third-order valence-electron chi connectivity index (χ3n) is 2.23. The molecule has 1 aromatic rings. The summed E-state index contributed by atoms with van der Waals surface area (Å²) < 4.78 is 40.0. The zero-order valence-corrected chi connectivity index (χ0v) is 9.57. The molecule has 0 saturated heterocycles.